The second-order valence-corrected chi connectivity index (χ2v) is 4.21. The topological polar surface area (TPSA) is 52.9 Å². The number of anilines is 1. The highest BCUT2D eigenvalue weighted by Crippen LogP contribution is 2.19. The average molecular weight is 220 g/mol. The molecule has 0 aliphatic carbocycles. The number of aryl methyl sites for hydroxylation is 1. The number of carbonyl (C=O) groups is 1. The summed E-state index contributed by atoms with van der Waals surface area (Å²) in [7, 11) is 0. The minimum absolute atomic E-state index is 0.367. The molecule has 4 heteroatoms. The molecule has 1 amide bonds. The van der Waals surface area contributed by atoms with Crippen LogP contribution in [0.2, 0.25) is 0 Å². The lowest BCUT2D eigenvalue weighted by atomic mass is 9.94. The van der Waals surface area contributed by atoms with E-state index in [4.69, 9.17) is 5.26 Å². The fraction of sp³-hybridized carbons (Fsp3) is 0.333. The van der Waals surface area contributed by atoms with Crippen LogP contribution in [0.1, 0.15) is 19.4 Å². The van der Waals surface area contributed by atoms with Gasteiger partial charge < -0.3 is 5.32 Å². The maximum absolute atomic E-state index is 13.0. The summed E-state index contributed by atoms with van der Waals surface area (Å²) in [6.07, 6.45) is 0. The van der Waals surface area contributed by atoms with E-state index in [0.717, 1.165) is 0 Å². The lowest BCUT2D eigenvalue weighted by Gasteiger charge is -2.15. The third-order valence-electron chi connectivity index (χ3n) is 2.15. The summed E-state index contributed by atoms with van der Waals surface area (Å²) < 4.78 is 13.0. The molecule has 1 rings (SSSR count). The summed E-state index contributed by atoms with van der Waals surface area (Å²) in [5, 5.41) is 11.3. The smallest absolute Gasteiger partial charge is 0.244 e. The highest BCUT2D eigenvalue weighted by Gasteiger charge is 2.27. The first kappa shape index (κ1) is 12.2. The maximum atomic E-state index is 13.0. The Morgan fingerprint density at radius 3 is 2.56 bits per heavy atom. The zero-order valence-corrected chi connectivity index (χ0v) is 9.47. The average Bonchev–Trinajstić information content (AvgIpc) is 2.15. The largest absolute Gasteiger partial charge is 0.325 e. The van der Waals surface area contributed by atoms with Gasteiger partial charge in [0.05, 0.1) is 6.07 Å². The molecule has 1 aromatic rings. The van der Waals surface area contributed by atoms with E-state index in [-0.39, 0.29) is 0 Å². The number of amides is 1. The highest BCUT2D eigenvalue weighted by atomic mass is 19.1. The van der Waals surface area contributed by atoms with Gasteiger partial charge in [0, 0.05) is 5.69 Å². The Balaban J connectivity index is 2.90. The number of nitrogens with one attached hydrogen (secondary N) is 1. The summed E-state index contributed by atoms with van der Waals surface area (Å²) in [4.78, 5) is 11.6. The third-order valence-corrected chi connectivity index (χ3v) is 2.15. The first-order valence-corrected chi connectivity index (χ1v) is 4.85. The van der Waals surface area contributed by atoms with E-state index in [2.05, 4.69) is 5.32 Å². The van der Waals surface area contributed by atoms with Crippen molar-refractivity contribution in [3.8, 4) is 6.07 Å². The number of nitrogens with zero attached hydrogens (tertiary/aromatic N) is 1. The Bertz CT molecular complexity index is 440. The molecule has 0 unspecified atom stereocenters. The molecular weight excluding hydrogens is 207 g/mol. The minimum atomic E-state index is -1.12. The number of nitriles is 1. The van der Waals surface area contributed by atoms with Crippen LogP contribution in [-0.4, -0.2) is 5.91 Å². The standard InChI is InChI=1S/C12H13FN2O/c1-8-4-9(13)6-10(5-8)15-11(16)12(2,3)7-14/h4-6H,1-3H3,(H,15,16). The van der Waals surface area contributed by atoms with Crippen LogP contribution in [0.15, 0.2) is 18.2 Å². The van der Waals surface area contributed by atoms with Gasteiger partial charge in [0.2, 0.25) is 5.91 Å². The molecule has 0 aliphatic heterocycles. The van der Waals surface area contributed by atoms with Gasteiger partial charge in [-0.2, -0.15) is 5.26 Å². The van der Waals surface area contributed by atoms with Gasteiger partial charge in [-0.1, -0.05) is 0 Å². The molecule has 0 spiro atoms. The van der Waals surface area contributed by atoms with Crippen molar-refractivity contribution in [2.75, 3.05) is 5.32 Å². The molecule has 1 N–H and O–H groups in total. The number of rotatable bonds is 2. The van der Waals surface area contributed by atoms with Gasteiger partial charge in [-0.25, -0.2) is 4.39 Å². The molecule has 0 atom stereocenters. The Labute approximate surface area is 93.9 Å². The SMILES string of the molecule is Cc1cc(F)cc(NC(=O)C(C)(C)C#N)c1. The van der Waals surface area contributed by atoms with Gasteiger partial charge in [-0.05, 0) is 44.5 Å². The van der Waals surface area contributed by atoms with Gasteiger partial charge in [0.1, 0.15) is 11.2 Å². The zero-order valence-electron chi connectivity index (χ0n) is 9.47. The van der Waals surface area contributed by atoms with Crippen molar-refractivity contribution in [1.82, 2.24) is 0 Å². The number of benzene rings is 1. The van der Waals surface area contributed by atoms with Crippen molar-refractivity contribution in [3.05, 3.63) is 29.6 Å². The van der Waals surface area contributed by atoms with Crippen LogP contribution in [0.25, 0.3) is 0 Å². The van der Waals surface area contributed by atoms with Crippen molar-refractivity contribution in [1.29, 1.82) is 5.26 Å². The summed E-state index contributed by atoms with van der Waals surface area (Å²) in [5.74, 6) is -0.856. The molecule has 84 valence electrons. The van der Waals surface area contributed by atoms with Crippen LogP contribution in [0.4, 0.5) is 10.1 Å². The van der Waals surface area contributed by atoms with Crippen molar-refractivity contribution in [2.45, 2.75) is 20.8 Å². The molecule has 0 aliphatic rings. The molecular formula is C12H13FN2O. The number of halogens is 1. The highest BCUT2D eigenvalue weighted by molar-refractivity contribution is 5.96. The maximum Gasteiger partial charge on any atom is 0.244 e. The van der Waals surface area contributed by atoms with E-state index in [1.54, 1.807) is 13.0 Å². The minimum Gasteiger partial charge on any atom is -0.325 e. The monoisotopic (exact) mass is 220 g/mol. The van der Waals surface area contributed by atoms with E-state index in [0.29, 0.717) is 11.3 Å². The Morgan fingerprint density at radius 1 is 1.44 bits per heavy atom. The molecule has 1 aromatic carbocycles. The molecule has 0 bridgehead atoms. The number of hydrogen-bond acceptors (Lipinski definition) is 2. The number of carbonyl (C=O) groups excluding carboxylic acids is 1. The molecule has 0 saturated heterocycles. The summed E-state index contributed by atoms with van der Waals surface area (Å²) in [6.45, 7) is 4.75. The second kappa shape index (κ2) is 4.31. The Kier molecular flexibility index (Phi) is 3.28. The van der Waals surface area contributed by atoms with Crippen LogP contribution in [0, 0.1) is 29.5 Å². The van der Waals surface area contributed by atoms with Crippen LogP contribution >= 0.6 is 0 Å². The molecule has 0 radical (unpaired) electrons. The molecule has 0 heterocycles. The van der Waals surface area contributed by atoms with E-state index in [1.165, 1.54) is 26.0 Å². The fourth-order valence-corrected chi connectivity index (χ4v) is 1.15. The molecule has 0 fully saturated rings. The van der Waals surface area contributed by atoms with Crippen molar-refractivity contribution < 1.29 is 9.18 Å². The normalized spacial score (nSPS) is 10.7. The van der Waals surface area contributed by atoms with Crippen molar-refractivity contribution in [2.24, 2.45) is 5.41 Å². The van der Waals surface area contributed by atoms with E-state index < -0.39 is 17.1 Å². The zero-order chi connectivity index (χ0) is 12.3. The van der Waals surface area contributed by atoms with Crippen molar-refractivity contribution in [3.63, 3.8) is 0 Å². The summed E-state index contributed by atoms with van der Waals surface area (Å²) in [5.41, 5.74) is -0.0453. The van der Waals surface area contributed by atoms with Crippen LogP contribution in [0.5, 0.6) is 0 Å². The second-order valence-electron chi connectivity index (χ2n) is 4.21. The van der Waals surface area contributed by atoms with Crippen molar-refractivity contribution >= 4 is 11.6 Å². The quantitative estimate of drug-likeness (QED) is 0.832. The lowest BCUT2D eigenvalue weighted by Crippen LogP contribution is -2.29. The molecule has 3 nitrogen and oxygen atoms in total. The summed E-state index contributed by atoms with van der Waals surface area (Å²) in [6, 6.07) is 6.12. The van der Waals surface area contributed by atoms with Gasteiger partial charge in [-0.15, -0.1) is 0 Å². The van der Waals surface area contributed by atoms with Crippen LogP contribution in [-0.2, 0) is 4.79 Å². The Hall–Kier alpha value is -1.89. The van der Waals surface area contributed by atoms with E-state index in [1.807, 2.05) is 6.07 Å². The molecule has 0 aromatic heterocycles. The van der Waals surface area contributed by atoms with Crippen LogP contribution < -0.4 is 5.32 Å². The predicted octanol–water partition coefficient (Wildman–Crippen LogP) is 2.62. The fourth-order valence-electron chi connectivity index (χ4n) is 1.15. The van der Waals surface area contributed by atoms with Gasteiger partial charge in [0.15, 0.2) is 0 Å². The Morgan fingerprint density at radius 2 is 2.06 bits per heavy atom. The van der Waals surface area contributed by atoms with E-state index in [9.17, 15) is 9.18 Å². The van der Waals surface area contributed by atoms with Crippen LogP contribution in [0.3, 0.4) is 0 Å². The predicted molar refractivity (Wildman–Crippen MR) is 59.2 cm³/mol. The van der Waals surface area contributed by atoms with Gasteiger partial charge in [-0.3, -0.25) is 4.79 Å². The van der Waals surface area contributed by atoms with E-state index >= 15 is 0 Å². The van der Waals surface area contributed by atoms with Gasteiger partial charge >= 0.3 is 0 Å². The third kappa shape index (κ3) is 2.80. The first-order valence-electron chi connectivity index (χ1n) is 4.85. The lowest BCUT2D eigenvalue weighted by molar-refractivity contribution is -0.121. The summed E-state index contributed by atoms with van der Waals surface area (Å²) >= 11 is 0. The first-order chi connectivity index (χ1) is 7.35. The number of hydrogen-bond donors (Lipinski definition) is 1. The molecule has 16 heavy (non-hydrogen) atoms. The van der Waals surface area contributed by atoms with Gasteiger partial charge in [0.25, 0.3) is 0 Å². The molecule has 0 saturated carbocycles.